The highest BCUT2D eigenvalue weighted by Gasteiger charge is 2.13. The van der Waals surface area contributed by atoms with Crippen LogP contribution in [0.5, 0.6) is 0 Å². The molecule has 8 nitrogen and oxygen atoms in total. The van der Waals surface area contributed by atoms with Crippen LogP contribution in [0.4, 0.5) is 5.82 Å². The van der Waals surface area contributed by atoms with Crippen LogP contribution >= 0.6 is 0 Å². The van der Waals surface area contributed by atoms with Crippen molar-refractivity contribution in [1.29, 1.82) is 0 Å². The highest BCUT2D eigenvalue weighted by Crippen LogP contribution is 2.28. The zero-order chi connectivity index (χ0) is 17.4. The van der Waals surface area contributed by atoms with E-state index in [0.29, 0.717) is 17.9 Å². The molecule has 0 aliphatic rings. The number of nitrogens with two attached hydrogens (primary N) is 1. The van der Waals surface area contributed by atoms with Crippen LogP contribution in [0.15, 0.2) is 42.9 Å². The van der Waals surface area contributed by atoms with Gasteiger partial charge in [0, 0.05) is 35.9 Å². The van der Waals surface area contributed by atoms with Crippen molar-refractivity contribution in [2.75, 3.05) is 12.3 Å². The van der Waals surface area contributed by atoms with Crippen molar-refractivity contribution >= 4 is 33.5 Å². The molecule has 0 atom stereocenters. The van der Waals surface area contributed by atoms with Gasteiger partial charge in [0.2, 0.25) is 5.91 Å². The third-order valence-electron chi connectivity index (χ3n) is 3.97. The van der Waals surface area contributed by atoms with Gasteiger partial charge in [-0.15, -0.1) is 0 Å². The number of hydrogen-bond donors (Lipinski definition) is 2. The molecule has 0 spiro atoms. The third kappa shape index (κ3) is 2.67. The number of pyridine rings is 1. The van der Waals surface area contributed by atoms with Gasteiger partial charge < -0.3 is 11.1 Å². The van der Waals surface area contributed by atoms with Crippen LogP contribution in [0.25, 0.3) is 27.5 Å². The molecular formula is C17H17N7O. The van der Waals surface area contributed by atoms with E-state index < -0.39 is 0 Å². The van der Waals surface area contributed by atoms with E-state index in [2.05, 4.69) is 20.5 Å². The molecule has 0 fully saturated rings. The number of nitrogen functional groups attached to an aromatic ring is 1. The van der Waals surface area contributed by atoms with E-state index in [-0.39, 0.29) is 12.5 Å². The fourth-order valence-electron chi connectivity index (χ4n) is 2.88. The number of anilines is 1. The smallest absolute Gasteiger partial charge is 0.241 e. The lowest BCUT2D eigenvalue weighted by Crippen LogP contribution is -2.27. The molecule has 25 heavy (non-hydrogen) atoms. The lowest BCUT2D eigenvalue weighted by molar-refractivity contribution is -0.121. The van der Waals surface area contributed by atoms with Gasteiger partial charge in [0.05, 0.1) is 11.2 Å². The molecule has 126 valence electrons. The summed E-state index contributed by atoms with van der Waals surface area (Å²) in [4.78, 5) is 16.2. The summed E-state index contributed by atoms with van der Waals surface area (Å²) in [5.74, 6) is 0.252. The van der Waals surface area contributed by atoms with Gasteiger partial charge in [-0.3, -0.25) is 9.48 Å². The van der Waals surface area contributed by atoms with Gasteiger partial charge in [0.25, 0.3) is 0 Å². The van der Waals surface area contributed by atoms with Crippen molar-refractivity contribution in [2.24, 2.45) is 0 Å². The second-order valence-electron chi connectivity index (χ2n) is 5.69. The number of likely N-dealkylation sites (N-methyl/N-ethyl adjacent to an activating group) is 1. The van der Waals surface area contributed by atoms with Crippen molar-refractivity contribution in [1.82, 2.24) is 29.9 Å². The Labute approximate surface area is 143 Å². The average Bonchev–Trinajstić information content (AvgIpc) is 3.24. The van der Waals surface area contributed by atoms with Gasteiger partial charge in [-0.1, -0.05) is 0 Å². The first-order chi connectivity index (χ1) is 12.2. The maximum atomic E-state index is 11.8. The zero-order valence-corrected chi connectivity index (χ0v) is 13.7. The third-order valence-corrected chi connectivity index (χ3v) is 3.97. The number of carbonyl (C=O) groups is 1. The number of amides is 1. The predicted octanol–water partition coefficient (Wildman–Crippen LogP) is 1.49. The first kappa shape index (κ1) is 15.1. The van der Waals surface area contributed by atoms with Gasteiger partial charge in [-0.25, -0.2) is 9.67 Å². The van der Waals surface area contributed by atoms with E-state index in [0.717, 1.165) is 22.0 Å². The molecule has 0 radical (unpaired) electrons. The molecule has 3 N–H and O–H groups in total. The summed E-state index contributed by atoms with van der Waals surface area (Å²) in [6.07, 6.45) is 5.42. The Hall–Kier alpha value is -3.42. The molecule has 0 bridgehead atoms. The molecule has 1 aromatic carbocycles. The molecule has 0 aliphatic carbocycles. The molecule has 3 heterocycles. The summed E-state index contributed by atoms with van der Waals surface area (Å²) in [5.41, 5.74) is 8.35. The van der Waals surface area contributed by atoms with E-state index in [1.165, 1.54) is 0 Å². The van der Waals surface area contributed by atoms with E-state index in [1.807, 2.05) is 43.6 Å². The molecule has 4 aromatic rings. The predicted molar refractivity (Wildman–Crippen MR) is 95.3 cm³/mol. The summed E-state index contributed by atoms with van der Waals surface area (Å²) >= 11 is 0. The minimum atomic E-state index is -0.0906. The van der Waals surface area contributed by atoms with Crippen LogP contribution < -0.4 is 11.1 Å². The number of fused-ring (bicyclic) bond motifs is 3. The summed E-state index contributed by atoms with van der Waals surface area (Å²) in [5, 5.41) is 13.2. The van der Waals surface area contributed by atoms with Crippen LogP contribution in [-0.4, -0.2) is 37.0 Å². The molecule has 0 unspecified atom stereocenters. The van der Waals surface area contributed by atoms with E-state index >= 15 is 0 Å². The monoisotopic (exact) mass is 335 g/mol. The second kappa shape index (κ2) is 5.90. The van der Waals surface area contributed by atoms with E-state index in [1.54, 1.807) is 15.6 Å². The van der Waals surface area contributed by atoms with Crippen LogP contribution in [0.2, 0.25) is 0 Å². The first-order valence-electron chi connectivity index (χ1n) is 7.99. The van der Waals surface area contributed by atoms with Crippen LogP contribution in [0.1, 0.15) is 6.92 Å². The normalized spacial score (nSPS) is 11.2. The Morgan fingerprint density at radius 3 is 2.96 bits per heavy atom. The van der Waals surface area contributed by atoms with Gasteiger partial charge in [-0.05, 0) is 31.2 Å². The van der Waals surface area contributed by atoms with Crippen molar-refractivity contribution in [2.45, 2.75) is 13.5 Å². The van der Waals surface area contributed by atoms with Gasteiger partial charge in [-0.2, -0.15) is 10.2 Å². The van der Waals surface area contributed by atoms with Crippen molar-refractivity contribution in [3.05, 3.63) is 42.9 Å². The number of aromatic nitrogens is 5. The molecule has 0 aliphatic heterocycles. The Bertz CT molecular complexity index is 1070. The molecule has 0 saturated heterocycles. The lowest BCUT2D eigenvalue weighted by atomic mass is 10.1. The zero-order valence-electron chi connectivity index (χ0n) is 13.7. The first-order valence-corrected chi connectivity index (χ1v) is 7.99. The highest BCUT2D eigenvalue weighted by molar-refractivity contribution is 6.08. The minimum Gasteiger partial charge on any atom is -0.382 e. The molecule has 4 rings (SSSR count). The van der Waals surface area contributed by atoms with Gasteiger partial charge in [0.1, 0.15) is 12.1 Å². The van der Waals surface area contributed by atoms with Crippen LogP contribution in [0.3, 0.4) is 0 Å². The minimum absolute atomic E-state index is 0.0906. The largest absolute Gasteiger partial charge is 0.382 e. The average molecular weight is 335 g/mol. The van der Waals surface area contributed by atoms with Gasteiger partial charge in [0.15, 0.2) is 5.82 Å². The molecular weight excluding hydrogens is 318 g/mol. The number of rotatable bonds is 4. The van der Waals surface area contributed by atoms with Crippen molar-refractivity contribution in [3.63, 3.8) is 0 Å². The fourth-order valence-corrected chi connectivity index (χ4v) is 2.88. The maximum absolute atomic E-state index is 11.8. The van der Waals surface area contributed by atoms with Crippen LogP contribution in [0, 0.1) is 0 Å². The topological polar surface area (TPSA) is 104 Å². The Morgan fingerprint density at radius 2 is 2.20 bits per heavy atom. The van der Waals surface area contributed by atoms with Gasteiger partial charge >= 0.3 is 0 Å². The Kier molecular flexibility index (Phi) is 3.57. The standard InChI is InChI=1S/C17H17N7O/c1-2-19-15(25)10-23-9-13-12-5-4-11(24-7-3-6-20-24)8-14(12)21-17(18)16(13)22-23/h3-9H,2,10H2,1H3,(H2,18,21)(H,19,25). The molecule has 8 heteroatoms. The number of carbonyl (C=O) groups excluding carboxylic acids is 1. The highest BCUT2D eigenvalue weighted by atomic mass is 16.2. The Morgan fingerprint density at radius 1 is 1.32 bits per heavy atom. The summed E-state index contributed by atoms with van der Waals surface area (Å²) < 4.78 is 3.36. The Balaban J connectivity index is 1.82. The maximum Gasteiger partial charge on any atom is 0.241 e. The fraction of sp³-hybridized carbons (Fsp3) is 0.176. The molecule has 3 aromatic heterocycles. The van der Waals surface area contributed by atoms with Crippen molar-refractivity contribution in [3.8, 4) is 5.69 Å². The number of hydrogen-bond acceptors (Lipinski definition) is 5. The number of nitrogens with one attached hydrogen (secondary N) is 1. The number of benzene rings is 1. The van der Waals surface area contributed by atoms with Crippen LogP contribution in [-0.2, 0) is 11.3 Å². The second-order valence-corrected chi connectivity index (χ2v) is 5.69. The van der Waals surface area contributed by atoms with E-state index in [4.69, 9.17) is 5.73 Å². The summed E-state index contributed by atoms with van der Waals surface area (Å²) in [7, 11) is 0. The molecule has 0 saturated carbocycles. The lowest BCUT2D eigenvalue weighted by Gasteiger charge is -2.05. The molecule has 1 amide bonds. The van der Waals surface area contributed by atoms with Crippen molar-refractivity contribution < 1.29 is 4.79 Å². The quantitative estimate of drug-likeness (QED) is 0.588. The number of nitrogens with zero attached hydrogens (tertiary/aromatic N) is 5. The SMILES string of the molecule is CCNC(=O)Cn1cc2c(n1)c(N)nc1cc(-n3cccn3)ccc12. The summed E-state index contributed by atoms with van der Waals surface area (Å²) in [6.45, 7) is 2.61. The summed E-state index contributed by atoms with van der Waals surface area (Å²) in [6, 6.07) is 7.73. The van der Waals surface area contributed by atoms with E-state index in [9.17, 15) is 4.79 Å².